The first-order valence-electron chi connectivity index (χ1n) is 7.96. The first-order valence-corrected chi connectivity index (χ1v) is 8.34. The number of carbonyl (C=O) groups is 1. The number of pyridine rings is 1. The van der Waals surface area contributed by atoms with Gasteiger partial charge < -0.3 is 11.1 Å². The Balaban J connectivity index is 1.90. The Morgan fingerprint density at radius 2 is 1.77 bits per heavy atom. The fourth-order valence-electron chi connectivity index (χ4n) is 2.55. The summed E-state index contributed by atoms with van der Waals surface area (Å²) in [7, 11) is 0. The van der Waals surface area contributed by atoms with E-state index in [4.69, 9.17) is 17.3 Å². The zero-order valence-electron chi connectivity index (χ0n) is 14.3. The van der Waals surface area contributed by atoms with Crippen molar-refractivity contribution in [3.05, 3.63) is 76.1 Å². The van der Waals surface area contributed by atoms with Crippen molar-refractivity contribution in [2.45, 2.75) is 13.8 Å². The molecule has 0 aliphatic heterocycles. The number of hydrogen-bond acceptors (Lipinski definition) is 3. The lowest BCUT2D eigenvalue weighted by Gasteiger charge is -2.12. The molecule has 0 atom stereocenters. The Morgan fingerprint density at radius 1 is 1.08 bits per heavy atom. The molecular weight excluding hydrogens is 353 g/mol. The molecule has 0 radical (unpaired) electrons. The second-order valence-corrected chi connectivity index (χ2v) is 6.41. The van der Waals surface area contributed by atoms with Gasteiger partial charge in [-0.25, -0.2) is 9.37 Å². The Morgan fingerprint density at radius 3 is 2.42 bits per heavy atom. The normalized spacial score (nSPS) is 10.6. The molecular formula is C20H17ClFN3O. The van der Waals surface area contributed by atoms with Crippen LogP contribution in [0.5, 0.6) is 0 Å². The van der Waals surface area contributed by atoms with E-state index < -0.39 is 5.82 Å². The fourth-order valence-corrected chi connectivity index (χ4v) is 2.80. The van der Waals surface area contributed by atoms with Crippen molar-refractivity contribution in [1.29, 1.82) is 0 Å². The van der Waals surface area contributed by atoms with Crippen LogP contribution in [0.4, 0.5) is 16.0 Å². The number of nitrogens with zero attached hydrogens (tertiary/aromatic N) is 1. The molecule has 3 aromatic rings. The van der Waals surface area contributed by atoms with Crippen molar-refractivity contribution in [1.82, 2.24) is 4.98 Å². The Hall–Kier alpha value is -2.92. The van der Waals surface area contributed by atoms with Crippen LogP contribution >= 0.6 is 11.6 Å². The first kappa shape index (κ1) is 17.9. The molecule has 1 heterocycles. The number of nitrogen functional groups attached to an aromatic ring is 1. The highest BCUT2D eigenvalue weighted by Gasteiger charge is 2.16. The molecule has 0 spiro atoms. The van der Waals surface area contributed by atoms with E-state index in [-0.39, 0.29) is 28.1 Å². The quantitative estimate of drug-likeness (QED) is 0.683. The first-order chi connectivity index (χ1) is 12.4. The summed E-state index contributed by atoms with van der Waals surface area (Å²) in [5, 5.41) is 2.93. The van der Waals surface area contributed by atoms with Crippen LogP contribution in [0.3, 0.4) is 0 Å². The summed E-state index contributed by atoms with van der Waals surface area (Å²) >= 11 is 6.13. The molecule has 0 fully saturated rings. The van der Waals surface area contributed by atoms with Crippen LogP contribution < -0.4 is 11.1 Å². The minimum atomic E-state index is -0.442. The number of anilines is 2. The predicted molar refractivity (Wildman–Crippen MR) is 103 cm³/mol. The highest BCUT2D eigenvalue weighted by molar-refractivity contribution is 6.33. The number of aromatic nitrogens is 1. The number of benzene rings is 2. The lowest BCUT2D eigenvalue weighted by atomic mass is 10.0. The van der Waals surface area contributed by atoms with E-state index >= 15 is 0 Å². The predicted octanol–water partition coefficient (Wildman–Crippen LogP) is 4.99. The molecule has 4 nitrogen and oxygen atoms in total. The SMILES string of the molecule is Cc1ccc(C(=O)Nc2ccc(-c3c(Cl)ccc(C)c3F)c(N)n2)cc1. The molecule has 1 amide bonds. The summed E-state index contributed by atoms with van der Waals surface area (Å²) in [4.78, 5) is 16.4. The van der Waals surface area contributed by atoms with E-state index in [1.807, 2.05) is 19.1 Å². The van der Waals surface area contributed by atoms with Gasteiger partial charge in [-0.15, -0.1) is 0 Å². The Bertz CT molecular complexity index is 987. The van der Waals surface area contributed by atoms with E-state index in [1.54, 1.807) is 43.3 Å². The number of nitrogens with one attached hydrogen (secondary N) is 1. The molecule has 0 aliphatic carbocycles. The molecule has 132 valence electrons. The number of hydrogen-bond donors (Lipinski definition) is 2. The fraction of sp³-hybridized carbons (Fsp3) is 0.100. The molecule has 0 aliphatic rings. The molecule has 1 aromatic heterocycles. The third-order valence-electron chi connectivity index (χ3n) is 4.03. The number of halogens is 2. The minimum absolute atomic E-state index is 0.0816. The van der Waals surface area contributed by atoms with E-state index in [0.29, 0.717) is 16.7 Å². The van der Waals surface area contributed by atoms with Crippen molar-refractivity contribution < 1.29 is 9.18 Å². The number of carbonyl (C=O) groups excluding carboxylic acids is 1. The average Bonchev–Trinajstić information content (AvgIpc) is 2.61. The maximum atomic E-state index is 14.5. The number of rotatable bonds is 3. The van der Waals surface area contributed by atoms with Gasteiger partial charge in [-0.2, -0.15) is 0 Å². The van der Waals surface area contributed by atoms with Gasteiger partial charge in [0.05, 0.1) is 5.02 Å². The van der Waals surface area contributed by atoms with Gasteiger partial charge >= 0.3 is 0 Å². The maximum Gasteiger partial charge on any atom is 0.256 e. The van der Waals surface area contributed by atoms with Crippen LogP contribution in [0, 0.1) is 19.7 Å². The molecule has 6 heteroatoms. The standard InChI is InChI=1S/C20H17ClFN3O/c1-11-3-6-13(7-4-11)20(26)25-16-10-8-14(19(23)24-16)17-15(21)9-5-12(2)18(17)22/h3-10H,1-2H3,(H3,23,24,25,26). The van der Waals surface area contributed by atoms with Crippen LogP contribution in [-0.4, -0.2) is 10.9 Å². The lowest BCUT2D eigenvalue weighted by molar-refractivity contribution is 0.102. The highest BCUT2D eigenvalue weighted by atomic mass is 35.5. The number of amides is 1. The molecule has 0 unspecified atom stereocenters. The van der Waals surface area contributed by atoms with E-state index in [1.165, 1.54) is 0 Å². The molecule has 2 aromatic carbocycles. The van der Waals surface area contributed by atoms with Crippen molar-refractivity contribution in [2.75, 3.05) is 11.1 Å². The van der Waals surface area contributed by atoms with Crippen LogP contribution in [0.2, 0.25) is 5.02 Å². The van der Waals surface area contributed by atoms with Gasteiger partial charge in [0, 0.05) is 16.7 Å². The molecule has 0 saturated carbocycles. The largest absolute Gasteiger partial charge is 0.383 e. The van der Waals surface area contributed by atoms with Gasteiger partial charge in [-0.3, -0.25) is 4.79 Å². The van der Waals surface area contributed by atoms with E-state index in [9.17, 15) is 9.18 Å². The third-order valence-corrected chi connectivity index (χ3v) is 4.35. The molecule has 0 bridgehead atoms. The summed E-state index contributed by atoms with van der Waals surface area (Å²) in [6, 6.07) is 13.5. The second-order valence-electron chi connectivity index (χ2n) is 6.00. The molecule has 26 heavy (non-hydrogen) atoms. The monoisotopic (exact) mass is 369 g/mol. The summed E-state index contributed by atoms with van der Waals surface area (Å²) in [5.41, 5.74) is 8.60. The highest BCUT2D eigenvalue weighted by Crippen LogP contribution is 2.35. The van der Waals surface area contributed by atoms with Gasteiger partial charge in [0.15, 0.2) is 0 Å². The lowest BCUT2D eigenvalue weighted by Crippen LogP contribution is -2.13. The van der Waals surface area contributed by atoms with Crippen LogP contribution in [0.25, 0.3) is 11.1 Å². The van der Waals surface area contributed by atoms with Crippen LogP contribution in [0.15, 0.2) is 48.5 Å². The summed E-state index contributed by atoms with van der Waals surface area (Å²) in [5.74, 6) is -0.383. The van der Waals surface area contributed by atoms with Gasteiger partial charge in [0.25, 0.3) is 5.91 Å². The van der Waals surface area contributed by atoms with Gasteiger partial charge in [-0.1, -0.05) is 35.4 Å². The maximum absolute atomic E-state index is 14.5. The topological polar surface area (TPSA) is 68.0 Å². The van der Waals surface area contributed by atoms with Crippen LogP contribution in [0.1, 0.15) is 21.5 Å². The third kappa shape index (κ3) is 3.53. The van der Waals surface area contributed by atoms with Crippen molar-refractivity contribution >= 4 is 29.1 Å². The van der Waals surface area contributed by atoms with Gasteiger partial charge in [0.1, 0.15) is 17.5 Å². The van der Waals surface area contributed by atoms with Crippen molar-refractivity contribution in [3.8, 4) is 11.1 Å². The summed E-state index contributed by atoms with van der Waals surface area (Å²) in [6.45, 7) is 3.59. The number of nitrogens with two attached hydrogens (primary N) is 1. The number of aryl methyl sites for hydroxylation is 2. The smallest absolute Gasteiger partial charge is 0.256 e. The van der Waals surface area contributed by atoms with Gasteiger partial charge in [0.2, 0.25) is 0 Å². The minimum Gasteiger partial charge on any atom is -0.383 e. The van der Waals surface area contributed by atoms with Crippen molar-refractivity contribution in [2.24, 2.45) is 0 Å². The Labute approximate surface area is 155 Å². The van der Waals surface area contributed by atoms with Gasteiger partial charge in [-0.05, 0) is 49.7 Å². The molecule has 3 rings (SSSR count). The molecule has 3 N–H and O–H groups in total. The molecule has 0 saturated heterocycles. The second kappa shape index (κ2) is 7.14. The zero-order valence-corrected chi connectivity index (χ0v) is 15.1. The summed E-state index contributed by atoms with van der Waals surface area (Å²) < 4.78 is 14.5. The Kier molecular flexibility index (Phi) is 4.91. The zero-order chi connectivity index (χ0) is 18.8. The van der Waals surface area contributed by atoms with Crippen LogP contribution in [-0.2, 0) is 0 Å². The average molecular weight is 370 g/mol. The van der Waals surface area contributed by atoms with Crippen molar-refractivity contribution in [3.63, 3.8) is 0 Å². The van der Waals surface area contributed by atoms with E-state index in [0.717, 1.165) is 5.56 Å². The van der Waals surface area contributed by atoms with E-state index in [2.05, 4.69) is 10.3 Å². The summed E-state index contributed by atoms with van der Waals surface area (Å²) in [6.07, 6.45) is 0.